The first kappa shape index (κ1) is 19.4. The number of guanidine groups is 1. The maximum Gasteiger partial charge on any atom is 0.191 e. The number of ether oxygens (including phenoxy) is 1. The summed E-state index contributed by atoms with van der Waals surface area (Å²) in [6, 6.07) is 7.08. The Morgan fingerprint density at radius 1 is 1.33 bits per heavy atom. The van der Waals surface area contributed by atoms with Crippen molar-refractivity contribution < 1.29 is 9.13 Å². The van der Waals surface area contributed by atoms with Crippen LogP contribution in [-0.4, -0.2) is 38.3 Å². The van der Waals surface area contributed by atoms with Crippen molar-refractivity contribution in [2.75, 3.05) is 26.2 Å². The van der Waals surface area contributed by atoms with Gasteiger partial charge in [-0.05, 0) is 44.2 Å². The van der Waals surface area contributed by atoms with E-state index in [2.05, 4.69) is 10.6 Å². The number of nitrogens with zero attached hydrogens (tertiary/aromatic N) is 1. The minimum absolute atomic E-state index is 0. The van der Waals surface area contributed by atoms with Crippen molar-refractivity contribution in [1.29, 1.82) is 0 Å². The summed E-state index contributed by atoms with van der Waals surface area (Å²) < 4.78 is 19.7. The Hall–Kier alpha value is -0.890. The van der Waals surface area contributed by atoms with Gasteiger partial charge in [0.15, 0.2) is 5.96 Å². The first-order valence-corrected chi connectivity index (χ1v) is 8.62. The lowest BCUT2D eigenvalue weighted by molar-refractivity contribution is 0.114. The van der Waals surface area contributed by atoms with Gasteiger partial charge >= 0.3 is 0 Å². The number of rotatable bonds is 6. The zero-order valence-electron chi connectivity index (χ0n) is 14.2. The van der Waals surface area contributed by atoms with E-state index in [9.17, 15) is 4.39 Å². The van der Waals surface area contributed by atoms with Gasteiger partial charge in [-0.1, -0.05) is 18.2 Å². The second-order valence-corrected chi connectivity index (χ2v) is 6.47. The lowest BCUT2D eigenvalue weighted by atomic mass is 9.95. The maximum atomic E-state index is 14.1. The molecule has 2 N–H and O–H groups in total. The summed E-state index contributed by atoms with van der Waals surface area (Å²) in [4.78, 5) is 4.70. The van der Waals surface area contributed by atoms with Gasteiger partial charge in [0.25, 0.3) is 0 Å². The molecule has 1 saturated carbocycles. The van der Waals surface area contributed by atoms with Gasteiger partial charge in [-0.2, -0.15) is 0 Å². The number of nitrogens with one attached hydrogen (secondary N) is 2. The molecule has 1 unspecified atom stereocenters. The van der Waals surface area contributed by atoms with E-state index in [1.165, 1.54) is 0 Å². The molecule has 24 heavy (non-hydrogen) atoms. The van der Waals surface area contributed by atoms with E-state index in [-0.39, 0.29) is 41.3 Å². The van der Waals surface area contributed by atoms with E-state index in [0.29, 0.717) is 6.54 Å². The minimum atomic E-state index is -0.114. The van der Waals surface area contributed by atoms with Crippen molar-refractivity contribution in [2.24, 2.45) is 4.99 Å². The second-order valence-electron chi connectivity index (χ2n) is 6.47. The monoisotopic (exact) mass is 447 g/mol. The highest BCUT2D eigenvalue weighted by atomic mass is 127. The summed E-state index contributed by atoms with van der Waals surface area (Å²) in [5.41, 5.74) is 0.691. The van der Waals surface area contributed by atoms with Crippen molar-refractivity contribution in [3.63, 3.8) is 0 Å². The molecule has 1 saturated heterocycles. The quantitative estimate of drug-likeness (QED) is 0.400. The van der Waals surface area contributed by atoms with Crippen LogP contribution < -0.4 is 10.6 Å². The van der Waals surface area contributed by atoms with E-state index >= 15 is 0 Å². The molecule has 1 aromatic rings. The van der Waals surface area contributed by atoms with Gasteiger partial charge in [0, 0.05) is 25.1 Å². The van der Waals surface area contributed by atoms with Crippen molar-refractivity contribution in [2.45, 2.75) is 44.1 Å². The Labute approximate surface area is 160 Å². The van der Waals surface area contributed by atoms with Crippen LogP contribution in [0.25, 0.3) is 0 Å². The molecule has 3 rings (SSSR count). The lowest BCUT2D eigenvalue weighted by Crippen LogP contribution is -2.41. The average Bonchev–Trinajstić information content (AvgIpc) is 3.16. The molecule has 2 aliphatic rings. The number of aliphatic imine (C=N–C) groups is 1. The van der Waals surface area contributed by atoms with E-state index in [4.69, 9.17) is 9.73 Å². The zero-order valence-corrected chi connectivity index (χ0v) is 16.5. The van der Waals surface area contributed by atoms with Crippen molar-refractivity contribution >= 4 is 29.9 Å². The summed E-state index contributed by atoms with van der Waals surface area (Å²) in [5, 5.41) is 6.61. The van der Waals surface area contributed by atoms with Gasteiger partial charge in [0.1, 0.15) is 5.82 Å². The molecule has 4 nitrogen and oxygen atoms in total. The summed E-state index contributed by atoms with van der Waals surface area (Å²) in [7, 11) is 0. The van der Waals surface area contributed by atoms with Gasteiger partial charge in [0.05, 0.1) is 12.6 Å². The molecular formula is C18H27FIN3O. The number of halogens is 2. The fraction of sp³-hybridized carbons (Fsp3) is 0.611. The third-order valence-electron chi connectivity index (χ3n) is 4.70. The van der Waals surface area contributed by atoms with Crippen LogP contribution in [0.3, 0.4) is 0 Å². The molecular weight excluding hydrogens is 420 g/mol. The first-order valence-electron chi connectivity index (χ1n) is 8.62. The van der Waals surface area contributed by atoms with E-state index in [0.717, 1.165) is 56.9 Å². The van der Waals surface area contributed by atoms with Crippen LogP contribution in [0.5, 0.6) is 0 Å². The van der Waals surface area contributed by atoms with Gasteiger partial charge in [0.2, 0.25) is 0 Å². The van der Waals surface area contributed by atoms with Gasteiger partial charge in [-0.25, -0.2) is 4.39 Å². The Balaban J connectivity index is 0.00000208. The predicted octanol–water partition coefficient (Wildman–Crippen LogP) is 3.21. The molecule has 0 aromatic heterocycles. The molecule has 1 atom stereocenters. The molecule has 0 radical (unpaired) electrons. The van der Waals surface area contributed by atoms with Crippen molar-refractivity contribution in [3.05, 3.63) is 35.6 Å². The summed E-state index contributed by atoms with van der Waals surface area (Å²) >= 11 is 0. The molecule has 1 heterocycles. The van der Waals surface area contributed by atoms with Crippen molar-refractivity contribution in [3.8, 4) is 0 Å². The number of hydrogen-bond acceptors (Lipinski definition) is 2. The first-order chi connectivity index (χ1) is 11.2. The van der Waals surface area contributed by atoms with Crippen molar-refractivity contribution in [1.82, 2.24) is 10.6 Å². The third-order valence-corrected chi connectivity index (χ3v) is 4.70. The largest absolute Gasteiger partial charge is 0.376 e. The van der Waals surface area contributed by atoms with Crippen LogP contribution in [0.1, 0.15) is 38.2 Å². The number of benzene rings is 1. The second kappa shape index (κ2) is 8.99. The maximum absolute atomic E-state index is 14.1. The molecule has 6 heteroatoms. The summed E-state index contributed by atoms with van der Waals surface area (Å²) in [6.07, 6.45) is 4.52. The Kier molecular flexibility index (Phi) is 7.28. The van der Waals surface area contributed by atoms with Gasteiger partial charge in [-0.3, -0.25) is 4.99 Å². The normalized spacial score (nSPS) is 21.9. The Bertz CT molecular complexity index is 557. The predicted molar refractivity (Wildman–Crippen MR) is 106 cm³/mol. The van der Waals surface area contributed by atoms with Crippen LogP contribution in [0, 0.1) is 5.82 Å². The highest BCUT2D eigenvalue weighted by molar-refractivity contribution is 14.0. The molecule has 0 bridgehead atoms. The molecule has 1 aliphatic heterocycles. The van der Waals surface area contributed by atoms with E-state index in [1.54, 1.807) is 12.1 Å². The standard InChI is InChI=1S/C18H26FN3O.HI/c1-2-20-17(21-12-14-6-5-11-23-14)22-13-18(9-10-18)15-7-3-4-8-16(15)19;/h3-4,7-8,14H,2,5-6,9-13H2,1H3,(H2,20,21,22);1H. The fourth-order valence-corrected chi connectivity index (χ4v) is 3.14. The summed E-state index contributed by atoms with van der Waals surface area (Å²) in [6.45, 7) is 5.11. The number of hydrogen-bond donors (Lipinski definition) is 2. The lowest BCUT2D eigenvalue weighted by Gasteiger charge is -2.17. The molecule has 134 valence electrons. The van der Waals surface area contributed by atoms with E-state index < -0.39 is 0 Å². The molecule has 1 aromatic carbocycles. The average molecular weight is 447 g/mol. The minimum Gasteiger partial charge on any atom is -0.376 e. The molecule has 2 fully saturated rings. The SMILES string of the molecule is CCNC(=NCC1(c2ccccc2F)CC1)NCC1CCCO1.I. The fourth-order valence-electron chi connectivity index (χ4n) is 3.14. The van der Waals surface area contributed by atoms with E-state index in [1.807, 2.05) is 19.1 Å². The van der Waals surface area contributed by atoms with Crippen LogP contribution in [-0.2, 0) is 10.2 Å². The highest BCUT2D eigenvalue weighted by Crippen LogP contribution is 2.49. The smallest absolute Gasteiger partial charge is 0.191 e. The van der Waals surface area contributed by atoms with Crippen LogP contribution >= 0.6 is 24.0 Å². The zero-order chi connectivity index (χ0) is 16.1. The third kappa shape index (κ3) is 4.81. The van der Waals surface area contributed by atoms with Crippen LogP contribution in [0.15, 0.2) is 29.3 Å². The van der Waals surface area contributed by atoms with Gasteiger partial charge < -0.3 is 15.4 Å². The Morgan fingerprint density at radius 2 is 2.12 bits per heavy atom. The Morgan fingerprint density at radius 3 is 2.75 bits per heavy atom. The van der Waals surface area contributed by atoms with Crippen LogP contribution in [0.2, 0.25) is 0 Å². The van der Waals surface area contributed by atoms with Gasteiger partial charge in [-0.15, -0.1) is 24.0 Å². The molecule has 0 amide bonds. The summed E-state index contributed by atoms with van der Waals surface area (Å²) in [5.74, 6) is 0.683. The van der Waals surface area contributed by atoms with Crippen LogP contribution in [0.4, 0.5) is 4.39 Å². The highest BCUT2D eigenvalue weighted by Gasteiger charge is 2.45. The molecule has 0 spiro atoms. The molecule has 1 aliphatic carbocycles. The topological polar surface area (TPSA) is 45.7 Å².